The maximum atomic E-state index is 12.2. The fourth-order valence-electron chi connectivity index (χ4n) is 2.61. The van der Waals surface area contributed by atoms with Gasteiger partial charge in [-0.2, -0.15) is 0 Å². The fourth-order valence-corrected chi connectivity index (χ4v) is 2.61. The Hall–Kier alpha value is -4.01. The molecule has 0 radical (unpaired) electrons. The summed E-state index contributed by atoms with van der Waals surface area (Å²) in [5.74, 6) is -0.549. The van der Waals surface area contributed by atoms with Crippen LogP contribution in [-0.4, -0.2) is 27.5 Å². The molecule has 0 fully saturated rings. The zero-order valence-electron chi connectivity index (χ0n) is 15.9. The SMILES string of the molecule is CCOC(=O)c1ccccc1Nc1ncnc(Nc2ccc(C)cc2)c1[N+](=O)[O-]. The second-order valence-electron chi connectivity index (χ2n) is 6.06. The number of para-hydroxylation sites is 1. The molecular weight excluding hydrogens is 374 g/mol. The third kappa shape index (κ3) is 4.64. The number of nitrogens with one attached hydrogen (secondary N) is 2. The zero-order valence-corrected chi connectivity index (χ0v) is 15.9. The van der Waals surface area contributed by atoms with E-state index < -0.39 is 10.9 Å². The predicted octanol–water partition coefficient (Wildman–Crippen LogP) is 4.36. The monoisotopic (exact) mass is 393 g/mol. The van der Waals surface area contributed by atoms with E-state index >= 15 is 0 Å². The third-order valence-corrected chi connectivity index (χ3v) is 3.99. The summed E-state index contributed by atoms with van der Waals surface area (Å²) in [4.78, 5) is 31.4. The minimum atomic E-state index is -0.578. The van der Waals surface area contributed by atoms with Crippen LogP contribution in [0.5, 0.6) is 0 Å². The molecule has 1 heterocycles. The summed E-state index contributed by atoms with van der Waals surface area (Å²) < 4.78 is 5.04. The van der Waals surface area contributed by atoms with Gasteiger partial charge in [0.2, 0.25) is 11.6 Å². The van der Waals surface area contributed by atoms with Gasteiger partial charge in [0, 0.05) is 5.69 Å². The second kappa shape index (κ2) is 8.79. The van der Waals surface area contributed by atoms with Gasteiger partial charge in [0.15, 0.2) is 0 Å². The Morgan fingerprint density at radius 2 is 1.72 bits per heavy atom. The highest BCUT2D eigenvalue weighted by Crippen LogP contribution is 2.33. The van der Waals surface area contributed by atoms with E-state index in [1.54, 1.807) is 43.3 Å². The Balaban J connectivity index is 1.98. The van der Waals surface area contributed by atoms with E-state index in [4.69, 9.17) is 4.74 Å². The highest BCUT2D eigenvalue weighted by Gasteiger charge is 2.24. The van der Waals surface area contributed by atoms with Crippen LogP contribution in [0.4, 0.5) is 28.7 Å². The summed E-state index contributed by atoms with van der Waals surface area (Å²) in [6, 6.07) is 13.9. The Labute approximate surface area is 166 Å². The van der Waals surface area contributed by atoms with E-state index in [0.29, 0.717) is 11.4 Å². The maximum absolute atomic E-state index is 12.2. The molecule has 2 aromatic carbocycles. The van der Waals surface area contributed by atoms with Gasteiger partial charge in [-0.25, -0.2) is 14.8 Å². The van der Waals surface area contributed by atoms with Crippen molar-refractivity contribution in [3.63, 3.8) is 0 Å². The largest absolute Gasteiger partial charge is 0.462 e. The number of nitro groups is 1. The first kappa shape index (κ1) is 19.7. The molecule has 0 bridgehead atoms. The quantitative estimate of drug-likeness (QED) is 0.345. The lowest BCUT2D eigenvalue weighted by Crippen LogP contribution is -2.10. The van der Waals surface area contributed by atoms with E-state index in [2.05, 4.69) is 20.6 Å². The predicted molar refractivity (Wildman–Crippen MR) is 109 cm³/mol. The molecule has 2 N–H and O–H groups in total. The van der Waals surface area contributed by atoms with Crippen molar-refractivity contribution < 1.29 is 14.5 Å². The summed E-state index contributed by atoms with van der Waals surface area (Å²) >= 11 is 0. The minimum absolute atomic E-state index is 0.0324. The van der Waals surface area contributed by atoms with Crippen molar-refractivity contribution in [3.05, 3.63) is 76.1 Å². The summed E-state index contributed by atoms with van der Waals surface area (Å²) in [6.07, 6.45) is 1.21. The smallest absolute Gasteiger partial charge is 0.353 e. The van der Waals surface area contributed by atoms with Crippen LogP contribution in [0.2, 0.25) is 0 Å². The number of esters is 1. The minimum Gasteiger partial charge on any atom is -0.462 e. The molecule has 29 heavy (non-hydrogen) atoms. The number of aryl methyl sites for hydroxylation is 1. The molecule has 0 saturated heterocycles. The maximum Gasteiger partial charge on any atom is 0.353 e. The average Bonchev–Trinajstić information content (AvgIpc) is 2.70. The molecule has 0 spiro atoms. The van der Waals surface area contributed by atoms with Gasteiger partial charge < -0.3 is 15.4 Å². The van der Waals surface area contributed by atoms with E-state index in [-0.39, 0.29) is 29.5 Å². The Morgan fingerprint density at radius 1 is 1.07 bits per heavy atom. The number of aromatic nitrogens is 2. The van der Waals surface area contributed by atoms with Crippen LogP contribution in [-0.2, 0) is 4.74 Å². The topological polar surface area (TPSA) is 119 Å². The van der Waals surface area contributed by atoms with Gasteiger partial charge in [0.25, 0.3) is 0 Å². The summed E-state index contributed by atoms with van der Waals surface area (Å²) in [5.41, 5.74) is 1.96. The Morgan fingerprint density at radius 3 is 2.38 bits per heavy atom. The molecule has 0 atom stereocenters. The molecule has 3 rings (SSSR count). The van der Waals surface area contributed by atoms with Crippen LogP contribution >= 0.6 is 0 Å². The molecule has 0 aliphatic carbocycles. The van der Waals surface area contributed by atoms with Crippen molar-refractivity contribution in [2.24, 2.45) is 0 Å². The second-order valence-corrected chi connectivity index (χ2v) is 6.06. The molecule has 1 aromatic heterocycles. The lowest BCUT2D eigenvalue weighted by molar-refractivity contribution is -0.383. The van der Waals surface area contributed by atoms with E-state index in [1.807, 2.05) is 19.1 Å². The van der Waals surface area contributed by atoms with Crippen molar-refractivity contribution in [1.82, 2.24) is 9.97 Å². The number of nitrogens with zero attached hydrogens (tertiary/aromatic N) is 3. The van der Waals surface area contributed by atoms with Crippen molar-refractivity contribution in [2.45, 2.75) is 13.8 Å². The number of benzene rings is 2. The first-order chi connectivity index (χ1) is 14.0. The van der Waals surface area contributed by atoms with Gasteiger partial charge in [0.1, 0.15) is 6.33 Å². The van der Waals surface area contributed by atoms with Crippen molar-refractivity contribution in [3.8, 4) is 0 Å². The van der Waals surface area contributed by atoms with E-state index in [9.17, 15) is 14.9 Å². The standard InChI is InChI=1S/C20H19N5O4/c1-3-29-20(26)15-6-4-5-7-16(15)24-19-17(25(27)28)18(21-12-22-19)23-14-10-8-13(2)9-11-14/h4-12H,3H2,1-2H3,(H2,21,22,23,24). The van der Waals surface area contributed by atoms with Gasteiger partial charge in [-0.1, -0.05) is 29.8 Å². The van der Waals surface area contributed by atoms with Crippen LogP contribution < -0.4 is 10.6 Å². The number of carbonyl (C=O) groups is 1. The lowest BCUT2D eigenvalue weighted by atomic mass is 10.1. The number of hydrogen-bond donors (Lipinski definition) is 2. The first-order valence-corrected chi connectivity index (χ1v) is 8.86. The molecule has 0 amide bonds. The van der Waals surface area contributed by atoms with Gasteiger partial charge in [-0.15, -0.1) is 0 Å². The van der Waals surface area contributed by atoms with Gasteiger partial charge in [-0.3, -0.25) is 10.1 Å². The highest BCUT2D eigenvalue weighted by atomic mass is 16.6. The van der Waals surface area contributed by atoms with Gasteiger partial charge >= 0.3 is 11.7 Å². The van der Waals surface area contributed by atoms with Crippen LogP contribution in [0.15, 0.2) is 54.9 Å². The summed E-state index contributed by atoms with van der Waals surface area (Å²) in [7, 11) is 0. The molecule has 0 aliphatic rings. The van der Waals surface area contributed by atoms with Crippen LogP contribution in [0.25, 0.3) is 0 Å². The average molecular weight is 393 g/mol. The molecule has 9 nitrogen and oxygen atoms in total. The number of carbonyl (C=O) groups excluding carboxylic acids is 1. The fraction of sp³-hybridized carbons (Fsp3) is 0.150. The molecule has 0 unspecified atom stereocenters. The molecule has 0 saturated carbocycles. The molecule has 0 aliphatic heterocycles. The lowest BCUT2D eigenvalue weighted by Gasteiger charge is -2.12. The third-order valence-electron chi connectivity index (χ3n) is 3.99. The molecular formula is C20H19N5O4. The number of rotatable bonds is 7. The summed E-state index contributed by atoms with van der Waals surface area (Å²) in [6.45, 7) is 3.86. The van der Waals surface area contributed by atoms with Crippen LogP contribution in [0, 0.1) is 17.0 Å². The van der Waals surface area contributed by atoms with E-state index in [1.165, 1.54) is 6.33 Å². The molecule has 148 valence electrons. The van der Waals surface area contributed by atoms with Crippen molar-refractivity contribution in [2.75, 3.05) is 17.2 Å². The zero-order chi connectivity index (χ0) is 20.8. The number of ether oxygens (including phenoxy) is 1. The van der Waals surface area contributed by atoms with Gasteiger partial charge in [-0.05, 0) is 38.1 Å². The van der Waals surface area contributed by atoms with Gasteiger partial charge in [0.05, 0.1) is 22.8 Å². The highest BCUT2D eigenvalue weighted by molar-refractivity contribution is 5.97. The number of anilines is 4. The van der Waals surface area contributed by atoms with Crippen molar-refractivity contribution in [1.29, 1.82) is 0 Å². The van der Waals surface area contributed by atoms with Crippen LogP contribution in [0.1, 0.15) is 22.8 Å². The molecule has 3 aromatic rings. The first-order valence-electron chi connectivity index (χ1n) is 8.86. The summed E-state index contributed by atoms with van der Waals surface area (Å²) in [5, 5.41) is 17.6. The normalized spacial score (nSPS) is 10.3. The Kier molecular flexibility index (Phi) is 5.98. The van der Waals surface area contributed by atoms with E-state index in [0.717, 1.165) is 5.56 Å². The number of hydrogen-bond acceptors (Lipinski definition) is 8. The molecule has 9 heteroatoms. The Bertz CT molecular complexity index is 1040. The van der Waals surface area contributed by atoms with Crippen molar-refractivity contribution >= 4 is 34.7 Å². The van der Waals surface area contributed by atoms with Crippen LogP contribution in [0.3, 0.4) is 0 Å².